The Kier molecular flexibility index (Phi) is 3.22. The molecular formula is C13H19N3O. The van der Waals surface area contributed by atoms with Crippen LogP contribution in [0.3, 0.4) is 0 Å². The topological polar surface area (TPSA) is 50.9 Å². The summed E-state index contributed by atoms with van der Waals surface area (Å²) in [5.74, 6) is 0. The Labute approximate surface area is 102 Å². The van der Waals surface area contributed by atoms with Gasteiger partial charge in [0.15, 0.2) is 0 Å². The summed E-state index contributed by atoms with van der Waals surface area (Å²) in [6, 6.07) is 6.78. The number of para-hydroxylation sites is 1. The van der Waals surface area contributed by atoms with Crippen molar-refractivity contribution in [3.05, 3.63) is 29.3 Å². The summed E-state index contributed by atoms with van der Waals surface area (Å²) in [6.07, 6.45) is 0. The summed E-state index contributed by atoms with van der Waals surface area (Å²) in [6.45, 7) is 5.66. The van der Waals surface area contributed by atoms with E-state index in [0.717, 1.165) is 6.54 Å². The molecule has 0 aromatic heterocycles. The van der Waals surface area contributed by atoms with Gasteiger partial charge in [-0.25, -0.2) is 4.99 Å². The summed E-state index contributed by atoms with van der Waals surface area (Å²) >= 11 is 0. The molecule has 4 heteroatoms. The number of anilines is 1. The second-order valence-electron chi connectivity index (χ2n) is 4.55. The van der Waals surface area contributed by atoms with E-state index < -0.39 is 0 Å². The first-order valence-corrected chi connectivity index (χ1v) is 5.81. The van der Waals surface area contributed by atoms with Gasteiger partial charge in [0, 0.05) is 19.3 Å². The average Bonchev–Trinajstić information content (AvgIpc) is 2.63. The Morgan fingerprint density at radius 1 is 1.41 bits per heavy atom. The number of ether oxygens (including phenoxy) is 1. The van der Waals surface area contributed by atoms with Gasteiger partial charge in [0.25, 0.3) is 6.02 Å². The molecule has 0 saturated carbocycles. The summed E-state index contributed by atoms with van der Waals surface area (Å²) in [5.41, 5.74) is 9.34. The molecule has 0 aliphatic carbocycles. The van der Waals surface area contributed by atoms with Gasteiger partial charge < -0.3 is 15.4 Å². The Bertz CT molecular complexity index is 422. The average molecular weight is 233 g/mol. The number of aliphatic imine (C=N–C) groups is 1. The smallest absolute Gasteiger partial charge is 0.282 e. The van der Waals surface area contributed by atoms with Crippen LogP contribution in [-0.2, 0) is 4.74 Å². The first-order valence-electron chi connectivity index (χ1n) is 5.81. The highest BCUT2D eigenvalue weighted by molar-refractivity contribution is 5.73. The fourth-order valence-corrected chi connectivity index (χ4v) is 2.34. The Morgan fingerprint density at radius 3 is 2.59 bits per heavy atom. The lowest BCUT2D eigenvalue weighted by Crippen LogP contribution is -2.29. The maximum atomic E-state index is 5.51. The maximum absolute atomic E-state index is 5.51. The predicted octanol–water partition coefficient (Wildman–Crippen LogP) is 1.45. The van der Waals surface area contributed by atoms with Crippen molar-refractivity contribution in [3.63, 3.8) is 0 Å². The van der Waals surface area contributed by atoms with Crippen LogP contribution in [0.25, 0.3) is 0 Å². The normalized spacial score (nSPS) is 18.8. The van der Waals surface area contributed by atoms with Crippen LogP contribution >= 0.6 is 0 Å². The molecule has 0 spiro atoms. The van der Waals surface area contributed by atoms with E-state index in [4.69, 9.17) is 10.5 Å². The zero-order valence-corrected chi connectivity index (χ0v) is 10.6. The molecule has 17 heavy (non-hydrogen) atoms. The molecule has 2 N–H and O–H groups in total. The monoisotopic (exact) mass is 233 g/mol. The van der Waals surface area contributed by atoms with Crippen LogP contribution in [0.2, 0.25) is 0 Å². The molecule has 92 valence electrons. The number of amidine groups is 1. The van der Waals surface area contributed by atoms with Crippen LogP contribution in [0.5, 0.6) is 0 Å². The van der Waals surface area contributed by atoms with Gasteiger partial charge >= 0.3 is 0 Å². The van der Waals surface area contributed by atoms with Gasteiger partial charge in [0.2, 0.25) is 0 Å². The Hall–Kier alpha value is -1.71. The summed E-state index contributed by atoms with van der Waals surface area (Å²) in [5, 5.41) is 0. The third kappa shape index (κ3) is 2.52. The van der Waals surface area contributed by atoms with Crippen molar-refractivity contribution in [1.29, 1.82) is 0 Å². The predicted molar refractivity (Wildman–Crippen MR) is 70.5 cm³/mol. The molecule has 1 aromatic carbocycles. The van der Waals surface area contributed by atoms with E-state index in [0.29, 0.717) is 12.6 Å². The molecule has 0 amide bonds. The molecule has 1 aliphatic heterocycles. The van der Waals surface area contributed by atoms with E-state index in [1.165, 1.54) is 16.8 Å². The SMILES string of the molecule is Cc1cccc(C)c1N(C)C[C@H]1COC(N)=N1. The first-order chi connectivity index (χ1) is 8.08. The molecule has 0 unspecified atom stereocenters. The van der Waals surface area contributed by atoms with E-state index in [9.17, 15) is 0 Å². The minimum Gasteiger partial charge on any atom is -0.463 e. The van der Waals surface area contributed by atoms with Gasteiger partial charge in [0.1, 0.15) is 12.6 Å². The summed E-state index contributed by atoms with van der Waals surface area (Å²) in [4.78, 5) is 6.47. The number of rotatable bonds is 3. The summed E-state index contributed by atoms with van der Waals surface area (Å²) in [7, 11) is 2.08. The maximum Gasteiger partial charge on any atom is 0.282 e. The van der Waals surface area contributed by atoms with Crippen LogP contribution in [0.1, 0.15) is 11.1 Å². The second kappa shape index (κ2) is 4.65. The number of benzene rings is 1. The molecule has 1 heterocycles. The quantitative estimate of drug-likeness (QED) is 0.859. The Balaban J connectivity index is 2.12. The van der Waals surface area contributed by atoms with Gasteiger partial charge in [0.05, 0.1) is 0 Å². The third-order valence-corrected chi connectivity index (χ3v) is 3.04. The molecule has 4 nitrogen and oxygen atoms in total. The number of hydrogen-bond acceptors (Lipinski definition) is 4. The van der Waals surface area contributed by atoms with Gasteiger partial charge in [-0.2, -0.15) is 0 Å². The van der Waals surface area contributed by atoms with E-state index in [-0.39, 0.29) is 6.04 Å². The summed E-state index contributed by atoms with van der Waals surface area (Å²) < 4.78 is 5.16. The molecule has 0 saturated heterocycles. The first kappa shape index (κ1) is 11.8. The van der Waals surface area contributed by atoms with Gasteiger partial charge in [-0.15, -0.1) is 0 Å². The largest absolute Gasteiger partial charge is 0.463 e. The number of likely N-dealkylation sites (N-methyl/N-ethyl adjacent to an activating group) is 1. The zero-order chi connectivity index (χ0) is 12.4. The van der Waals surface area contributed by atoms with Crippen molar-refractivity contribution in [3.8, 4) is 0 Å². The van der Waals surface area contributed by atoms with Crippen molar-refractivity contribution < 1.29 is 4.74 Å². The van der Waals surface area contributed by atoms with Gasteiger partial charge in [-0.1, -0.05) is 18.2 Å². The molecule has 2 rings (SSSR count). The van der Waals surface area contributed by atoms with Crippen LogP contribution in [0.4, 0.5) is 5.69 Å². The van der Waals surface area contributed by atoms with Crippen molar-refractivity contribution in [2.75, 3.05) is 25.1 Å². The van der Waals surface area contributed by atoms with Crippen LogP contribution in [-0.4, -0.2) is 32.3 Å². The van der Waals surface area contributed by atoms with Crippen molar-refractivity contribution in [2.45, 2.75) is 19.9 Å². The minimum absolute atomic E-state index is 0.138. The van der Waals surface area contributed by atoms with Crippen LogP contribution < -0.4 is 10.6 Å². The Morgan fingerprint density at radius 2 is 2.06 bits per heavy atom. The number of aryl methyl sites for hydroxylation is 2. The van der Waals surface area contributed by atoms with Gasteiger partial charge in [-0.3, -0.25) is 0 Å². The van der Waals surface area contributed by atoms with Crippen molar-refractivity contribution >= 4 is 11.7 Å². The van der Waals surface area contributed by atoms with Crippen molar-refractivity contribution in [2.24, 2.45) is 10.7 Å². The highest BCUT2D eigenvalue weighted by Crippen LogP contribution is 2.24. The lowest BCUT2D eigenvalue weighted by atomic mass is 10.1. The minimum atomic E-state index is 0.138. The number of nitrogens with zero attached hydrogens (tertiary/aromatic N) is 2. The van der Waals surface area contributed by atoms with E-state index >= 15 is 0 Å². The third-order valence-electron chi connectivity index (χ3n) is 3.04. The molecule has 1 aliphatic rings. The lowest BCUT2D eigenvalue weighted by Gasteiger charge is -2.24. The van der Waals surface area contributed by atoms with Gasteiger partial charge in [-0.05, 0) is 25.0 Å². The molecule has 0 bridgehead atoms. The molecule has 1 aromatic rings. The van der Waals surface area contributed by atoms with E-state index in [2.05, 4.69) is 49.0 Å². The van der Waals surface area contributed by atoms with E-state index in [1.54, 1.807) is 0 Å². The number of hydrogen-bond donors (Lipinski definition) is 1. The van der Waals surface area contributed by atoms with E-state index in [1.807, 2.05) is 0 Å². The fourth-order valence-electron chi connectivity index (χ4n) is 2.34. The lowest BCUT2D eigenvalue weighted by molar-refractivity contribution is 0.314. The molecule has 0 radical (unpaired) electrons. The molecule has 0 fully saturated rings. The van der Waals surface area contributed by atoms with Crippen molar-refractivity contribution in [1.82, 2.24) is 0 Å². The second-order valence-corrected chi connectivity index (χ2v) is 4.55. The van der Waals surface area contributed by atoms with Crippen LogP contribution in [0, 0.1) is 13.8 Å². The van der Waals surface area contributed by atoms with Crippen LogP contribution in [0.15, 0.2) is 23.2 Å². The standard InChI is InChI=1S/C13H19N3O/c1-9-5-4-6-10(2)12(9)16(3)7-11-8-17-13(14)15-11/h4-6,11H,7-8H2,1-3H3,(H2,14,15)/t11-/m0/s1. The fraction of sp³-hybridized carbons (Fsp3) is 0.462. The zero-order valence-electron chi connectivity index (χ0n) is 10.6. The highest BCUT2D eigenvalue weighted by Gasteiger charge is 2.19. The number of nitrogens with two attached hydrogens (primary N) is 1. The molecular weight excluding hydrogens is 214 g/mol. The highest BCUT2D eigenvalue weighted by atomic mass is 16.5. The molecule has 1 atom stereocenters.